The standard InChI is InChI=1S/C15H21N3O/c1-17(2)12-3-5-13(6-4-12)18-14-7-8-16-10-11(14)9-15(18)19/h3-6,11,14,16H,7-10H2,1-2H3. The third-order valence-corrected chi connectivity index (χ3v) is 4.25. The van der Waals surface area contributed by atoms with Gasteiger partial charge in [-0.05, 0) is 37.2 Å². The van der Waals surface area contributed by atoms with Crippen molar-refractivity contribution in [2.45, 2.75) is 18.9 Å². The fourth-order valence-electron chi connectivity index (χ4n) is 3.21. The van der Waals surface area contributed by atoms with Crippen molar-refractivity contribution in [3.63, 3.8) is 0 Å². The van der Waals surface area contributed by atoms with Crippen molar-refractivity contribution in [1.29, 1.82) is 0 Å². The number of nitrogens with zero attached hydrogens (tertiary/aromatic N) is 2. The average Bonchev–Trinajstić information content (AvgIpc) is 2.74. The van der Waals surface area contributed by atoms with E-state index >= 15 is 0 Å². The zero-order chi connectivity index (χ0) is 13.4. The number of nitrogens with one attached hydrogen (secondary N) is 1. The molecule has 0 bridgehead atoms. The topological polar surface area (TPSA) is 35.6 Å². The van der Waals surface area contributed by atoms with Crippen molar-refractivity contribution >= 4 is 17.3 Å². The summed E-state index contributed by atoms with van der Waals surface area (Å²) >= 11 is 0. The summed E-state index contributed by atoms with van der Waals surface area (Å²) in [6, 6.07) is 8.68. The van der Waals surface area contributed by atoms with Crippen LogP contribution >= 0.6 is 0 Å². The third-order valence-electron chi connectivity index (χ3n) is 4.25. The van der Waals surface area contributed by atoms with Gasteiger partial charge in [0.1, 0.15) is 0 Å². The monoisotopic (exact) mass is 259 g/mol. The Bertz CT molecular complexity index is 469. The second-order valence-corrected chi connectivity index (χ2v) is 5.70. The van der Waals surface area contributed by atoms with Crippen LogP contribution in [0.4, 0.5) is 11.4 Å². The molecule has 4 heteroatoms. The largest absolute Gasteiger partial charge is 0.378 e. The Hall–Kier alpha value is -1.55. The molecule has 2 heterocycles. The van der Waals surface area contributed by atoms with Gasteiger partial charge in [0.05, 0.1) is 0 Å². The second kappa shape index (κ2) is 4.85. The molecule has 0 spiro atoms. The fourth-order valence-corrected chi connectivity index (χ4v) is 3.21. The van der Waals surface area contributed by atoms with E-state index in [0.29, 0.717) is 18.4 Å². The molecule has 1 N–H and O–H groups in total. The summed E-state index contributed by atoms with van der Waals surface area (Å²) < 4.78 is 0. The minimum absolute atomic E-state index is 0.274. The quantitative estimate of drug-likeness (QED) is 0.873. The summed E-state index contributed by atoms with van der Waals surface area (Å²) in [5, 5.41) is 3.39. The summed E-state index contributed by atoms with van der Waals surface area (Å²) in [6.45, 7) is 1.99. The van der Waals surface area contributed by atoms with Gasteiger partial charge in [0.2, 0.25) is 5.91 Å². The highest BCUT2D eigenvalue weighted by Gasteiger charge is 2.41. The molecular weight excluding hydrogens is 238 g/mol. The molecule has 102 valence electrons. The Kier molecular flexibility index (Phi) is 3.19. The number of hydrogen-bond donors (Lipinski definition) is 1. The number of fused-ring (bicyclic) bond motifs is 1. The number of amides is 1. The Balaban J connectivity index is 1.86. The lowest BCUT2D eigenvalue weighted by atomic mass is 9.94. The maximum absolute atomic E-state index is 12.2. The number of carbonyl (C=O) groups excluding carboxylic acids is 1. The van der Waals surface area contributed by atoms with E-state index in [1.54, 1.807) is 0 Å². The van der Waals surface area contributed by atoms with E-state index in [2.05, 4.69) is 34.5 Å². The van der Waals surface area contributed by atoms with E-state index in [4.69, 9.17) is 0 Å². The highest BCUT2D eigenvalue weighted by molar-refractivity contribution is 5.96. The summed E-state index contributed by atoms with van der Waals surface area (Å²) in [7, 11) is 4.05. The summed E-state index contributed by atoms with van der Waals surface area (Å²) in [6.07, 6.45) is 1.75. The normalized spacial score (nSPS) is 26.4. The minimum atomic E-state index is 0.274. The fraction of sp³-hybridized carbons (Fsp3) is 0.533. The van der Waals surface area contributed by atoms with Crippen molar-refractivity contribution in [1.82, 2.24) is 5.32 Å². The molecule has 19 heavy (non-hydrogen) atoms. The molecule has 0 radical (unpaired) electrons. The molecule has 4 nitrogen and oxygen atoms in total. The second-order valence-electron chi connectivity index (χ2n) is 5.70. The van der Waals surface area contributed by atoms with Gasteiger partial charge in [-0.3, -0.25) is 4.79 Å². The van der Waals surface area contributed by atoms with Crippen LogP contribution in [0.25, 0.3) is 0 Å². The summed E-state index contributed by atoms with van der Waals surface area (Å²) in [4.78, 5) is 16.3. The molecule has 2 atom stereocenters. The lowest BCUT2D eigenvalue weighted by Gasteiger charge is -2.32. The van der Waals surface area contributed by atoms with Crippen LogP contribution < -0.4 is 15.1 Å². The highest BCUT2D eigenvalue weighted by Crippen LogP contribution is 2.34. The Morgan fingerprint density at radius 2 is 2.00 bits per heavy atom. The number of piperidine rings is 1. The van der Waals surface area contributed by atoms with Gasteiger partial charge in [-0.1, -0.05) is 0 Å². The number of anilines is 2. The molecule has 1 aromatic rings. The molecule has 0 aliphatic carbocycles. The van der Waals surface area contributed by atoms with Crippen molar-refractivity contribution in [2.75, 3.05) is 37.0 Å². The van der Waals surface area contributed by atoms with Gasteiger partial charge < -0.3 is 15.1 Å². The van der Waals surface area contributed by atoms with E-state index in [1.807, 2.05) is 19.0 Å². The lowest BCUT2D eigenvalue weighted by Crippen LogP contribution is -2.44. The molecule has 2 aliphatic heterocycles. The van der Waals surface area contributed by atoms with Crippen LogP contribution in [0.2, 0.25) is 0 Å². The molecular formula is C15H21N3O. The number of hydrogen-bond acceptors (Lipinski definition) is 3. The van der Waals surface area contributed by atoms with Crippen LogP contribution in [-0.4, -0.2) is 39.1 Å². The third kappa shape index (κ3) is 2.21. The predicted octanol–water partition coefficient (Wildman–Crippen LogP) is 1.47. The van der Waals surface area contributed by atoms with E-state index in [0.717, 1.165) is 30.9 Å². The maximum atomic E-state index is 12.2. The smallest absolute Gasteiger partial charge is 0.227 e. The lowest BCUT2D eigenvalue weighted by molar-refractivity contribution is -0.117. The van der Waals surface area contributed by atoms with Gasteiger partial charge in [0, 0.05) is 50.4 Å². The van der Waals surface area contributed by atoms with E-state index in [9.17, 15) is 4.79 Å². The van der Waals surface area contributed by atoms with Gasteiger partial charge in [-0.2, -0.15) is 0 Å². The van der Waals surface area contributed by atoms with Gasteiger partial charge in [0.25, 0.3) is 0 Å². The van der Waals surface area contributed by atoms with Crippen molar-refractivity contribution in [3.8, 4) is 0 Å². The maximum Gasteiger partial charge on any atom is 0.227 e. The first kappa shape index (κ1) is 12.5. The van der Waals surface area contributed by atoms with Crippen molar-refractivity contribution in [3.05, 3.63) is 24.3 Å². The molecule has 2 aliphatic rings. The van der Waals surface area contributed by atoms with Gasteiger partial charge >= 0.3 is 0 Å². The first-order valence-electron chi connectivity index (χ1n) is 6.97. The number of carbonyl (C=O) groups is 1. The van der Waals surface area contributed by atoms with Gasteiger partial charge in [-0.15, -0.1) is 0 Å². The summed E-state index contributed by atoms with van der Waals surface area (Å²) in [5.41, 5.74) is 2.21. The van der Waals surface area contributed by atoms with Gasteiger partial charge in [0.15, 0.2) is 0 Å². The molecule has 3 rings (SSSR count). The molecule has 0 saturated carbocycles. The Morgan fingerprint density at radius 3 is 2.68 bits per heavy atom. The zero-order valence-electron chi connectivity index (χ0n) is 11.6. The van der Waals surface area contributed by atoms with Crippen LogP contribution in [0.15, 0.2) is 24.3 Å². The van der Waals surface area contributed by atoms with E-state index < -0.39 is 0 Å². The van der Waals surface area contributed by atoms with Crippen LogP contribution in [0.3, 0.4) is 0 Å². The van der Waals surface area contributed by atoms with Crippen LogP contribution in [0.1, 0.15) is 12.8 Å². The molecule has 1 amide bonds. The van der Waals surface area contributed by atoms with Crippen LogP contribution in [0, 0.1) is 5.92 Å². The SMILES string of the molecule is CN(C)c1ccc(N2C(=O)CC3CNCCC32)cc1. The zero-order valence-corrected chi connectivity index (χ0v) is 11.6. The van der Waals surface area contributed by atoms with E-state index in [1.165, 1.54) is 0 Å². The highest BCUT2D eigenvalue weighted by atomic mass is 16.2. The molecule has 2 unspecified atom stereocenters. The molecule has 1 aromatic carbocycles. The van der Waals surface area contributed by atoms with Crippen molar-refractivity contribution in [2.24, 2.45) is 5.92 Å². The predicted molar refractivity (Wildman–Crippen MR) is 77.6 cm³/mol. The Morgan fingerprint density at radius 1 is 1.26 bits per heavy atom. The van der Waals surface area contributed by atoms with Crippen LogP contribution in [-0.2, 0) is 4.79 Å². The molecule has 2 saturated heterocycles. The Labute approximate surface area is 114 Å². The number of benzene rings is 1. The average molecular weight is 259 g/mol. The summed E-state index contributed by atoms with van der Waals surface area (Å²) in [5.74, 6) is 0.756. The first-order chi connectivity index (χ1) is 9.16. The van der Waals surface area contributed by atoms with Gasteiger partial charge in [-0.25, -0.2) is 0 Å². The van der Waals surface area contributed by atoms with Crippen molar-refractivity contribution < 1.29 is 4.79 Å². The number of rotatable bonds is 2. The molecule has 2 fully saturated rings. The molecule has 0 aromatic heterocycles. The van der Waals surface area contributed by atoms with E-state index in [-0.39, 0.29) is 5.91 Å². The van der Waals surface area contributed by atoms with Crippen LogP contribution in [0.5, 0.6) is 0 Å². The minimum Gasteiger partial charge on any atom is -0.378 e. The first-order valence-corrected chi connectivity index (χ1v) is 6.97.